The quantitative estimate of drug-likeness (QED) is 0.164. The van der Waals surface area contributed by atoms with Crippen molar-refractivity contribution in [3.8, 4) is 0 Å². The van der Waals surface area contributed by atoms with Gasteiger partial charge < -0.3 is 15.2 Å². The molecular formula is C25H26Cl3N5O2S. The molecule has 2 aromatic carbocycles. The number of benzene rings is 2. The summed E-state index contributed by atoms with van der Waals surface area (Å²) < 4.78 is 1.84. The van der Waals surface area contributed by atoms with Crippen molar-refractivity contribution < 1.29 is 9.59 Å². The van der Waals surface area contributed by atoms with E-state index in [0.717, 1.165) is 5.56 Å². The third-order valence-corrected chi connectivity index (χ3v) is 7.22. The van der Waals surface area contributed by atoms with Crippen LogP contribution < -0.4 is 10.6 Å². The molecule has 1 heterocycles. The van der Waals surface area contributed by atoms with Gasteiger partial charge in [-0.25, -0.2) is 0 Å². The van der Waals surface area contributed by atoms with Gasteiger partial charge in [0.05, 0.1) is 32.5 Å². The van der Waals surface area contributed by atoms with Crippen LogP contribution in [0.3, 0.4) is 0 Å². The largest absolute Gasteiger partial charge is 0.342 e. The molecule has 7 nitrogen and oxygen atoms in total. The highest BCUT2D eigenvalue weighted by Crippen LogP contribution is 2.32. The molecule has 0 spiro atoms. The average molecular weight is 567 g/mol. The molecular weight excluding hydrogens is 541 g/mol. The number of nitrogens with one attached hydrogen (secondary N) is 2. The summed E-state index contributed by atoms with van der Waals surface area (Å²) in [6.45, 7) is 10.2. The zero-order valence-corrected chi connectivity index (χ0v) is 23.1. The first-order valence-electron chi connectivity index (χ1n) is 11.1. The number of carbonyl (C=O) groups excluding carboxylic acids is 2. The number of rotatable bonds is 10. The minimum Gasteiger partial charge on any atom is -0.342 e. The van der Waals surface area contributed by atoms with Crippen LogP contribution in [0.25, 0.3) is 0 Å². The second-order valence-corrected chi connectivity index (χ2v) is 10.5. The van der Waals surface area contributed by atoms with E-state index >= 15 is 0 Å². The van der Waals surface area contributed by atoms with Crippen LogP contribution in [0.4, 0.5) is 5.69 Å². The highest BCUT2D eigenvalue weighted by molar-refractivity contribution is 7.99. The highest BCUT2D eigenvalue weighted by Gasteiger charge is 2.26. The second-order valence-electron chi connectivity index (χ2n) is 8.38. The van der Waals surface area contributed by atoms with Crippen LogP contribution in [0.5, 0.6) is 0 Å². The first-order valence-corrected chi connectivity index (χ1v) is 13.2. The molecule has 190 valence electrons. The molecule has 0 aliphatic carbocycles. The number of aromatic nitrogens is 3. The molecule has 0 aliphatic heterocycles. The van der Waals surface area contributed by atoms with Crippen molar-refractivity contribution >= 4 is 64.1 Å². The van der Waals surface area contributed by atoms with Crippen molar-refractivity contribution in [3.63, 3.8) is 0 Å². The Bertz CT molecular complexity index is 1260. The van der Waals surface area contributed by atoms with E-state index in [-0.39, 0.29) is 33.5 Å². The van der Waals surface area contributed by atoms with Gasteiger partial charge in [-0.2, -0.15) is 0 Å². The first kappa shape index (κ1) is 28.1. The van der Waals surface area contributed by atoms with Crippen molar-refractivity contribution in [1.82, 2.24) is 20.1 Å². The standard InChI is InChI=1S/C25H26Cl3N5O2S/c1-5-10-33-23(22(14(2)3)30-24(35)16-8-6-15(4)7-9-16)31-32-25(33)36-13-21(34)29-20-12-18(27)17(26)11-19(20)28/h5-9,11-12,14,22H,1,10,13H2,2-4H3,(H,29,34)(H,30,35)/t22-/m0/s1. The Morgan fingerprint density at radius 3 is 2.39 bits per heavy atom. The number of carbonyl (C=O) groups is 2. The molecule has 0 radical (unpaired) electrons. The maximum Gasteiger partial charge on any atom is 0.251 e. The summed E-state index contributed by atoms with van der Waals surface area (Å²) in [6.07, 6.45) is 1.71. The van der Waals surface area contributed by atoms with Crippen molar-refractivity contribution in [3.05, 3.63) is 81.1 Å². The Hall–Kier alpha value is -2.52. The number of allylic oxidation sites excluding steroid dienone is 1. The number of halogens is 3. The molecule has 1 atom stereocenters. The van der Waals surface area contributed by atoms with E-state index in [4.69, 9.17) is 34.8 Å². The number of hydrogen-bond donors (Lipinski definition) is 2. The number of hydrogen-bond acceptors (Lipinski definition) is 5. The van der Waals surface area contributed by atoms with Gasteiger partial charge in [0.1, 0.15) is 0 Å². The Morgan fingerprint density at radius 2 is 1.75 bits per heavy atom. The van der Waals surface area contributed by atoms with Crippen molar-refractivity contribution in [1.29, 1.82) is 0 Å². The van der Waals surface area contributed by atoms with Crippen LogP contribution in [0.1, 0.15) is 41.6 Å². The fourth-order valence-corrected chi connectivity index (χ4v) is 4.68. The Kier molecular flexibility index (Phi) is 9.84. The van der Waals surface area contributed by atoms with Gasteiger partial charge in [-0.05, 0) is 37.1 Å². The van der Waals surface area contributed by atoms with Crippen LogP contribution >= 0.6 is 46.6 Å². The molecule has 0 bridgehead atoms. The fourth-order valence-electron chi connectivity index (χ4n) is 3.33. The normalized spacial score (nSPS) is 11.9. The molecule has 2 N–H and O–H groups in total. The number of thioether (sulfide) groups is 1. The summed E-state index contributed by atoms with van der Waals surface area (Å²) in [5.74, 6) is 0.163. The van der Waals surface area contributed by atoms with Crippen molar-refractivity contribution in [2.75, 3.05) is 11.1 Å². The molecule has 3 rings (SSSR count). The first-order chi connectivity index (χ1) is 17.1. The van der Waals surface area contributed by atoms with Crippen LogP contribution in [-0.2, 0) is 11.3 Å². The molecule has 0 aliphatic rings. The number of aryl methyl sites for hydroxylation is 1. The van der Waals surface area contributed by atoms with E-state index in [9.17, 15) is 9.59 Å². The van der Waals surface area contributed by atoms with E-state index in [1.807, 2.05) is 37.5 Å². The molecule has 3 aromatic rings. The van der Waals surface area contributed by atoms with Crippen molar-refractivity contribution in [2.24, 2.45) is 5.92 Å². The SMILES string of the molecule is C=CCn1c(SCC(=O)Nc2cc(Cl)c(Cl)cc2Cl)nnc1[C@@H](NC(=O)c1ccc(C)cc1)C(C)C. The predicted octanol–water partition coefficient (Wildman–Crippen LogP) is 6.59. The Balaban J connectivity index is 1.75. The summed E-state index contributed by atoms with van der Waals surface area (Å²) >= 11 is 19.3. The molecule has 2 amide bonds. The summed E-state index contributed by atoms with van der Waals surface area (Å²) in [5, 5.41) is 15.8. The zero-order chi connectivity index (χ0) is 26.4. The van der Waals surface area contributed by atoms with Crippen LogP contribution in [0.2, 0.25) is 15.1 Å². The van der Waals surface area contributed by atoms with Gasteiger partial charge >= 0.3 is 0 Å². The van der Waals surface area contributed by atoms with Crippen molar-refractivity contribution in [2.45, 2.75) is 38.5 Å². The van der Waals surface area contributed by atoms with E-state index in [2.05, 4.69) is 27.4 Å². The van der Waals surface area contributed by atoms with Gasteiger partial charge in [0, 0.05) is 12.1 Å². The highest BCUT2D eigenvalue weighted by atomic mass is 35.5. The lowest BCUT2D eigenvalue weighted by Gasteiger charge is -2.22. The van der Waals surface area contributed by atoms with Gasteiger partial charge in [0.25, 0.3) is 5.91 Å². The van der Waals surface area contributed by atoms with Gasteiger partial charge in [-0.3, -0.25) is 9.59 Å². The molecule has 0 fully saturated rings. The minimum atomic E-state index is -0.399. The predicted molar refractivity (Wildman–Crippen MR) is 147 cm³/mol. The third kappa shape index (κ3) is 7.03. The molecule has 1 aromatic heterocycles. The summed E-state index contributed by atoms with van der Waals surface area (Å²) in [5.41, 5.74) is 2.00. The number of nitrogens with zero attached hydrogens (tertiary/aromatic N) is 3. The molecule has 0 saturated heterocycles. The smallest absolute Gasteiger partial charge is 0.251 e. The Labute approximate surface area is 229 Å². The molecule has 11 heteroatoms. The van der Waals surface area contributed by atoms with E-state index in [0.29, 0.717) is 33.8 Å². The van der Waals surface area contributed by atoms with Crippen LogP contribution in [0.15, 0.2) is 54.2 Å². The van der Waals surface area contributed by atoms with Gasteiger partial charge in [0.2, 0.25) is 5.91 Å². The Morgan fingerprint density at radius 1 is 1.08 bits per heavy atom. The summed E-state index contributed by atoms with van der Waals surface area (Å²) in [4.78, 5) is 25.5. The topological polar surface area (TPSA) is 88.9 Å². The second kappa shape index (κ2) is 12.6. The third-order valence-electron chi connectivity index (χ3n) is 5.22. The van der Waals surface area contributed by atoms with Gasteiger partial charge in [-0.1, -0.05) is 84.2 Å². The lowest BCUT2D eigenvalue weighted by atomic mass is 10.0. The van der Waals surface area contributed by atoms with Crippen LogP contribution in [0, 0.1) is 12.8 Å². The lowest BCUT2D eigenvalue weighted by molar-refractivity contribution is -0.113. The lowest BCUT2D eigenvalue weighted by Crippen LogP contribution is -2.33. The summed E-state index contributed by atoms with van der Waals surface area (Å²) in [7, 11) is 0. The average Bonchev–Trinajstić information content (AvgIpc) is 3.22. The maximum absolute atomic E-state index is 12.9. The van der Waals surface area contributed by atoms with Crippen LogP contribution in [-0.4, -0.2) is 32.3 Å². The maximum atomic E-state index is 12.9. The molecule has 0 unspecified atom stereocenters. The van der Waals surface area contributed by atoms with Gasteiger partial charge in [-0.15, -0.1) is 16.8 Å². The van der Waals surface area contributed by atoms with E-state index < -0.39 is 6.04 Å². The summed E-state index contributed by atoms with van der Waals surface area (Å²) in [6, 6.07) is 9.93. The zero-order valence-electron chi connectivity index (χ0n) is 20.0. The van der Waals surface area contributed by atoms with E-state index in [1.54, 1.807) is 18.2 Å². The number of anilines is 1. The monoisotopic (exact) mass is 565 g/mol. The molecule has 0 saturated carbocycles. The van der Waals surface area contributed by atoms with E-state index in [1.165, 1.54) is 23.9 Å². The minimum absolute atomic E-state index is 0.0325. The van der Waals surface area contributed by atoms with Gasteiger partial charge in [0.15, 0.2) is 11.0 Å². The fraction of sp³-hybridized carbons (Fsp3) is 0.280. The number of amides is 2. The molecule has 36 heavy (non-hydrogen) atoms.